The van der Waals surface area contributed by atoms with Crippen LogP contribution in [0.3, 0.4) is 0 Å². The minimum Gasteiger partial charge on any atom is -0.382 e. The molecule has 0 aliphatic carbocycles. The van der Waals surface area contributed by atoms with Crippen molar-refractivity contribution in [1.82, 2.24) is 5.32 Å². The molecule has 1 aliphatic rings. The molecule has 2 aromatic rings. The van der Waals surface area contributed by atoms with Crippen molar-refractivity contribution in [2.45, 2.75) is 38.6 Å². The number of nitrogens with one attached hydrogen (secondary N) is 1. The number of rotatable bonds is 5. The molecule has 1 aliphatic heterocycles. The number of hydrogen-bond acceptors (Lipinski definition) is 3. The summed E-state index contributed by atoms with van der Waals surface area (Å²) in [5, 5.41) is 3.52. The third-order valence-corrected chi connectivity index (χ3v) is 5.47. The second-order valence-electron chi connectivity index (χ2n) is 7.28. The Balaban J connectivity index is 2.07. The summed E-state index contributed by atoms with van der Waals surface area (Å²) in [6, 6.07) is 11.8. The average Bonchev–Trinajstić information content (AvgIpc) is 2.84. The summed E-state index contributed by atoms with van der Waals surface area (Å²) in [7, 11) is 1.53. The van der Waals surface area contributed by atoms with Gasteiger partial charge in [-0.2, -0.15) is 0 Å². The first kappa shape index (κ1) is 19.6. The van der Waals surface area contributed by atoms with E-state index in [0.717, 1.165) is 34.2 Å². The van der Waals surface area contributed by atoms with Crippen LogP contribution in [0.25, 0.3) is 11.1 Å². The molecule has 2 aromatic carbocycles. The molecule has 1 heterocycles. The Morgan fingerprint density at radius 2 is 1.81 bits per heavy atom. The summed E-state index contributed by atoms with van der Waals surface area (Å²) in [4.78, 5) is 25.7. The molecule has 0 bridgehead atoms. The Labute approximate surface area is 164 Å². The van der Waals surface area contributed by atoms with Crippen molar-refractivity contribution < 1.29 is 14.3 Å². The molecule has 1 N–H and O–H groups in total. The molecule has 1 fully saturated rings. The third kappa shape index (κ3) is 3.52. The van der Waals surface area contributed by atoms with Crippen LogP contribution in [-0.4, -0.2) is 30.9 Å². The summed E-state index contributed by atoms with van der Waals surface area (Å²) in [6.45, 7) is 5.88. The maximum absolute atomic E-state index is 13.1. The Kier molecular flexibility index (Phi) is 5.41. The van der Waals surface area contributed by atoms with E-state index in [0.29, 0.717) is 5.02 Å². The van der Waals surface area contributed by atoms with Gasteiger partial charge in [0.05, 0.1) is 6.61 Å². The molecule has 0 saturated carbocycles. The van der Waals surface area contributed by atoms with Crippen molar-refractivity contribution in [2.75, 3.05) is 13.7 Å². The van der Waals surface area contributed by atoms with Crippen LogP contribution in [0.5, 0.6) is 0 Å². The zero-order valence-electron chi connectivity index (χ0n) is 16.1. The Hall–Kier alpha value is -2.17. The number of carbonyl (C=O) groups excluding carboxylic acids is 2. The number of ether oxygens (including phenoxy) is 1. The van der Waals surface area contributed by atoms with Crippen molar-refractivity contribution in [2.24, 2.45) is 0 Å². The van der Waals surface area contributed by atoms with Crippen LogP contribution in [0.4, 0.5) is 0 Å². The molecular weight excluding hydrogens is 362 g/mol. The van der Waals surface area contributed by atoms with Gasteiger partial charge in [-0.3, -0.25) is 9.59 Å². The van der Waals surface area contributed by atoms with Crippen LogP contribution in [-0.2, 0) is 20.7 Å². The summed E-state index contributed by atoms with van der Waals surface area (Å²) < 4.78 is 5.16. The zero-order chi connectivity index (χ0) is 19.8. The van der Waals surface area contributed by atoms with E-state index in [2.05, 4.69) is 11.4 Å². The number of benzene rings is 2. The lowest BCUT2D eigenvalue weighted by Gasteiger charge is -2.22. The van der Waals surface area contributed by atoms with Crippen LogP contribution < -0.4 is 5.32 Å². The minimum atomic E-state index is -0.983. The lowest BCUT2D eigenvalue weighted by atomic mass is 9.82. The summed E-state index contributed by atoms with van der Waals surface area (Å²) >= 11 is 5.99. The van der Waals surface area contributed by atoms with Gasteiger partial charge in [0.1, 0.15) is 11.5 Å². The molecule has 4 nitrogen and oxygen atoms in total. The van der Waals surface area contributed by atoms with Gasteiger partial charge in [-0.1, -0.05) is 42.8 Å². The van der Waals surface area contributed by atoms with E-state index in [1.54, 1.807) is 6.92 Å². The summed E-state index contributed by atoms with van der Waals surface area (Å²) in [5.74, 6) is -1.18. The van der Waals surface area contributed by atoms with Crippen LogP contribution in [0.1, 0.15) is 36.5 Å². The van der Waals surface area contributed by atoms with E-state index in [9.17, 15) is 9.59 Å². The number of halogens is 1. The fraction of sp³-hybridized carbons (Fsp3) is 0.364. The molecule has 0 spiro atoms. The van der Waals surface area contributed by atoms with Crippen LogP contribution >= 0.6 is 11.6 Å². The van der Waals surface area contributed by atoms with Gasteiger partial charge in [-0.05, 0) is 60.2 Å². The SMILES string of the molecule is CCc1cc(-c2ccc(Cl)cc2)cc(C)c1C1C(=O)NC(C)(COC)C1=O. The molecular formula is C22H24ClNO3. The molecule has 142 valence electrons. The van der Waals surface area contributed by atoms with E-state index < -0.39 is 11.5 Å². The molecule has 3 rings (SSSR count). The topological polar surface area (TPSA) is 55.4 Å². The molecule has 0 aromatic heterocycles. The highest BCUT2D eigenvalue weighted by Gasteiger charge is 2.51. The summed E-state index contributed by atoms with van der Waals surface area (Å²) in [5.41, 5.74) is 3.88. The smallest absolute Gasteiger partial charge is 0.236 e. The molecule has 5 heteroatoms. The minimum absolute atomic E-state index is 0.133. The Morgan fingerprint density at radius 3 is 2.41 bits per heavy atom. The second-order valence-corrected chi connectivity index (χ2v) is 7.71. The van der Waals surface area contributed by atoms with Crippen molar-refractivity contribution >= 4 is 23.3 Å². The average molecular weight is 386 g/mol. The third-order valence-electron chi connectivity index (χ3n) is 5.22. The van der Waals surface area contributed by atoms with Gasteiger partial charge in [0.2, 0.25) is 5.91 Å². The van der Waals surface area contributed by atoms with Crippen LogP contribution in [0.2, 0.25) is 5.02 Å². The Morgan fingerprint density at radius 1 is 1.15 bits per heavy atom. The number of Topliss-reactive ketones (excluding diaryl/α,β-unsaturated/α-hetero) is 1. The van der Waals surface area contributed by atoms with E-state index in [1.807, 2.05) is 44.2 Å². The predicted octanol–water partition coefficient (Wildman–Crippen LogP) is 4.07. The molecule has 27 heavy (non-hydrogen) atoms. The lowest BCUT2D eigenvalue weighted by molar-refractivity contribution is -0.125. The van der Waals surface area contributed by atoms with Gasteiger partial charge in [0.25, 0.3) is 0 Å². The molecule has 2 unspecified atom stereocenters. The lowest BCUT2D eigenvalue weighted by Crippen LogP contribution is -2.47. The predicted molar refractivity (Wildman–Crippen MR) is 107 cm³/mol. The van der Waals surface area contributed by atoms with E-state index in [4.69, 9.17) is 16.3 Å². The maximum Gasteiger partial charge on any atom is 0.236 e. The zero-order valence-corrected chi connectivity index (χ0v) is 16.8. The van der Waals surface area contributed by atoms with E-state index >= 15 is 0 Å². The highest BCUT2D eigenvalue weighted by atomic mass is 35.5. The number of methoxy groups -OCH3 is 1. The standard InChI is InChI=1S/C22H24ClNO3/c1-5-14-11-16(15-6-8-17(23)9-7-15)10-13(2)18(14)19-20(25)22(3,12-27-4)24-21(19)26/h6-11,19H,5,12H2,1-4H3,(H,24,26). The number of ketones is 1. The van der Waals surface area contributed by atoms with Gasteiger partial charge in [-0.25, -0.2) is 0 Å². The first-order valence-corrected chi connectivity index (χ1v) is 9.43. The van der Waals surface area contributed by atoms with Crippen molar-refractivity contribution in [1.29, 1.82) is 0 Å². The first-order valence-electron chi connectivity index (χ1n) is 9.05. The number of aryl methyl sites for hydroxylation is 2. The molecule has 2 atom stereocenters. The normalized spacial score (nSPS) is 22.2. The first-order chi connectivity index (χ1) is 12.8. The highest BCUT2D eigenvalue weighted by Crippen LogP contribution is 2.36. The van der Waals surface area contributed by atoms with E-state index in [-0.39, 0.29) is 18.3 Å². The van der Waals surface area contributed by atoms with Crippen molar-refractivity contribution in [3.8, 4) is 11.1 Å². The molecule has 0 radical (unpaired) electrons. The van der Waals surface area contributed by atoms with Crippen molar-refractivity contribution in [3.05, 3.63) is 58.1 Å². The van der Waals surface area contributed by atoms with E-state index in [1.165, 1.54) is 7.11 Å². The monoisotopic (exact) mass is 385 g/mol. The van der Waals surface area contributed by atoms with Crippen LogP contribution in [0.15, 0.2) is 36.4 Å². The van der Waals surface area contributed by atoms with Gasteiger partial charge < -0.3 is 10.1 Å². The van der Waals surface area contributed by atoms with Crippen LogP contribution in [0, 0.1) is 6.92 Å². The summed E-state index contributed by atoms with van der Waals surface area (Å²) in [6.07, 6.45) is 0.732. The fourth-order valence-electron chi connectivity index (χ4n) is 3.89. The number of carbonyl (C=O) groups is 2. The molecule has 1 amide bonds. The maximum atomic E-state index is 13.1. The Bertz CT molecular complexity index is 891. The largest absolute Gasteiger partial charge is 0.382 e. The quantitative estimate of drug-likeness (QED) is 0.789. The fourth-order valence-corrected chi connectivity index (χ4v) is 4.01. The highest BCUT2D eigenvalue weighted by molar-refractivity contribution is 6.30. The van der Waals surface area contributed by atoms with Gasteiger partial charge in [0.15, 0.2) is 5.78 Å². The van der Waals surface area contributed by atoms with Gasteiger partial charge >= 0.3 is 0 Å². The molecule has 1 saturated heterocycles. The number of hydrogen-bond donors (Lipinski definition) is 1. The number of amides is 1. The van der Waals surface area contributed by atoms with Crippen molar-refractivity contribution in [3.63, 3.8) is 0 Å². The second kappa shape index (κ2) is 7.45. The van der Waals surface area contributed by atoms with Gasteiger partial charge in [-0.15, -0.1) is 0 Å². The van der Waals surface area contributed by atoms with Gasteiger partial charge in [0, 0.05) is 12.1 Å².